The smallest absolute Gasteiger partial charge is 0.216 e. The summed E-state index contributed by atoms with van der Waals surface area (Å²) in [4.78, 5) is 0. The van der Waals surface area contributed by atoms with E-state index < -0.39 is 0 Å². The molecule has 0 saturated carbocycles. The normalized spacial score (nSPS) is 11.0. The number of aromatic nitrogens is 4. The van der Waals surface area contributed by atoms with Gasteiger partial charge in [-0.1, -0.05) is 6.07 Å². The number of nitrogens with one attached hydrogen (secondary N) is 2. The molecule has 0 aliphatic rings. The molecular weight excluding hydrogens is 316 g/mol. The highest BCUT2D eigenvalue weighted by molar-refractivity contribution is 5.74. The minimum absolute atomic E-state index is 0.240. The molecule has 7 nitrogen and oxygen atoms in total. The third-order valence-corrected chi connectivity index (χ3v) is 3.66. The minimum atomic E-state index is 0.240. The standard InChI is InChI=1S/C18H16N6O/c1-12-3-6-17(9-13(12)2)25-16-7-4-15(5-8-16)20-11-14(10-19)18-21-23-24-22-18/h3-9,11,20H,1-2H3,(H,21,22,23,24). The summed E-state index contributed by atoms with van der Waals surface area (Å²) in [5, 5.41) is 25.5. The van der Waals surface area contributed by atoms with Crippen LogP contribution >= 0.6 is 0 Å². The Balaban J connectivity index is 1.68. The summed E-state index contributed by atoms with van der Waals surface area (Å²) in [5.74, 6) is 1.77. The summed E-state index contributed by atoms with van der Waals surface area (Å²) >= 11 is 0. The van der Waals surface area contributed by atoms with Gasteiger partial charge in [0.05, 0.1) is 0 Å². The van der Waals surface area contributed by atoms with Crippen LogP contribution < -0.4 is 10.1 Å². The second-order valence-corrected chi connectivity index (χ2v) is 5.42. The summed E-state index contributed by atoms with van der Waals surface area (Å²) in [6.45, 7) is 4.12. The lowest BCUT2D eigenvalue weighted by molar-refractivity contribution is 0.482. The van der Waals surface area contributed by atoms with Crippen molar-refractivity contribution in [2.45, 2.75) is 13.8 Å². The van der Waals surface area contributed by atoms with Crippen molar-refractivity contribution in [3.05, 3.63) is 65.6 Å². The Morgan fingerprint density at radius 1 is 1.12 bits per heavy atom. The fourth-order valence-corrected chi connectivity index (χ4v) is 2.11. The first-order valence-electron chi connectivity index (χ1n) is 7.61. The number of hydrogen-bond acceptors (Lipinski definition) is 6. The third-order valence-electron chi connectivity index (χ3n) is 3.66. The SMILES string of the molecule is Cc1ccc(Oc2ccc(NC=C(C#N)c3nn[nH]n3)cc2)cc1C. The first-order valence-corrected chi connectivity index (χ1v) is 7.61. The number of aryl methyl sites for hydroxylation is 2. The lowest BCUT2D eigenvalue weighted by Gasteiger charge is -2.09. The Labute approximate surface area is 145 Å². The van der Waals surface area contributed by atoms with Crippen LogP contribution in [0.25, 0.3) is 5.57 Å². The molecule has 124 valence electrons. The number of allylic oxidation sites excluding steroid dienone is 1. The van der Waals surface area contributed by atoms with E-state index in [4.69, 9.17) is 10.00 Å². The summed E-state index contributed by atoms with van der Waals surface area (Å²) in [6, 6.07) is 15.4. The fourth-order valence-electron chi connectivity index (χ4n) is 2.11. The van der Waals surface area contributed by atoms with Gasteiger partial charge < -0.3 is 10.1 Å². The largest absolute Gasteiger partial charge is 0.457 e. The van der Waals surface area contributed by atoms with Crippen LogP contribution in [0.2, 0.25) is 0 Å². The average Bonchev–Trinajstić information content (AvgIpc) is 3.15. The molecule has 0 bridgehead atoms. The molecule has 2 N–H and O–H groups in total. The number of tetrazole rings is 1. The Morgan fingerprint density at radius 2 is 1.88 bits per heavy atom. The lowest BCUT2D eigenvalue weighted by Crippen LogP contribution is -1.93. The van der Waals surface area contributed by atoms with Crippen molar-refractivity contribution < 1.29 is 4.74 Å². The molecule has 1 aromatic heterocycles. The molecule has 0 fully saturated rings. The van der Waals surface area contributed by atoms with Crippen molar-refractivity contribution in [2.75, 3.05) is 5.32 Å². The van der Waals surface area contributed by atoms with Crippen LogP contribution in [0.1, 0.15) is 17.0 Å². The van der Waals surface area contributed by atoms with Crippen molar-refractivity contribution in [3.8, 4) is 17.6 Å². The number of rotatable bonds is 5. The second-order valence-electron chi connectivity index (χ2n) is 5.42. The molecule has 2 aromatic carbocycles. The third kappa shape index (κ3) is 4.00. The first kappa shape index (κ1) is 16.2. The molecule has 7 heteroatoms. The predicted molar refractivity (Wildman–Crippen MR) is 93.8 cm³/mol. The van der Waals surface area contributed by atoms with Gasteiger partial charge in [-0.3, -0.25) is 0 Å². The zero-order valence-electron chi connectivity index (χ0n) is 13.8. The molecule has 0 amide bonds. The molecule has 0 atom stereocenters. The maximum absolute atomic E-state index is 9.13. The average molecular weight is 332 g/mol. The molecule has 0 aliphatic heterocycles. The van der Waals surface area contributed by atoms with Gasteiger partial charge in [0.15, 0.2) is 0 Å². The number of aromatic amines is 1. The number of ether oxygens (including phenoxy) is 1. The van der Waals surface area contributed by atoms with E-state index in [1.54, 1.807) is 0 Å². The number of hydrogen-bond donors (Lipinski definition) is 2. The molecule has 0 saturated heterocycles. The summed E-state index contributed by atoms with van der Waals surface area (Å²) in [5.41, 5.74) is 3.51. The molecule has 0 aliphatic carbocycles. The van der Waals surface area contributed by atoms with Gasteiger partial charge in [-0.25, -0.2) is 0 Å². The van der Waals surface area contributed by atoms with E-state index in [0.29, 0.717) is 0 Å². The van der Waals surface area contributed by atoms with E-state index in [-0.39, 0.29) is 11.4 Å². The van der Waals surface area contributed by atoms with E-state index in [2.05, 4.69) is 39.8 Å². The molecule has 0 unspecified atom stereocenters. The second kappa shape index (κ2) is 7.27. The van der Waals surface area contributed by atoms with Gasteiger partial charge in [0.25, 0.3) is 0 Å². The highest BCUT2D eigenvalue weighted by atomic mass is 16.5. The molecule has 25 heavy (non-hydrogen) atoms. The van der Waals surface area contributed by atoms with E-state index in [1.165, 1.54) is 17.3 Å². The van der Waals surface area contributed by atoms with E-state index in [0.717, 1.165) is 17.2 Å². The van der Waals surface area contributed by atoms with Gasteiger partial charge in [0.2, 0.25) is 5.82 Å². The van der Waals surface area contributed by atoms with Crippen LogP contribution in [0.3, 0.4) is 0 Å². The van der Waals surface area contributed by atoms with Crippen LogP contribution in [-0.4, -0.2) is 20.6 Å². The molecule has 1 heterocycles. The predicted octanol–water partition coefficient (Wildman–Crippen LogP) is 3.59. The van der Waals surface area contributed by atoms with Crippen molar-refractivity contribution >= 4 is 11.3 Å². The van der Waals surface area contributed by atoms with Crippen LogP contribution in [0.5, 0.6) is 11.5 Å². The van der Waals surface area contributed by atoms with Gasteiger partial charge in [0.1, 0.15) is 23.1 Å². The van der Waals surface area contributed by atoms with Gasteiger partial charge in [-0.05, 0) is 66.6 Å². The van der Waals surface area contributed by atoms with Gasteiger partial charge >= 0.3 is 0 Å². The maximum atomic E-state index is 9.13. The van der Waals surface area contributed by atoms with E-state index >= 15 is 0 Å². The van der Waals surface area contributed by atoms with Crippen LogP contribution in [0.15, 0.2) is 48.7 Å². The number of benzene rings is 2. The van der Waals surface area contributed by atoms with Gasteiger partial charge in [-0.15, -0.1) is 10.2 Å². The quantitative estimate of drug-likeness (QED) is 0.693. The fraction of sp³-hybridized carbons (Fsp3) is 0.111. The van der Waals surface area contributed by atoms with Crippen molar-refractivity contribution in [2.24, 2.45) is 0 Å². The molecule has 0 spiro atoms. The zero-order valence-corrected chi connectivity index (χ0v) is 13.8. The number of nitrogens with zero attached hydrogens (tertiary/aromatic N) is 4. The van der Waals surface area contributed by atoms with Crippen molar-refractivity contribution in [1.29, 1.82) is 5.26 Å². The van der Waals surface area contributed by atoms with E-state index in [1.807, 2.05) is 48.5 Å². The summed E-state index contributed by atoms with van der Waals surface area (Å²) in [6.07, 6.45) is 1.53. The summed E-state index contributed by atoms with van der Waals surface area (Å²) < 4.78 is 5.85. The zero-order chi connectivity index (χ0) is 17.6. The molecular formula is C18H16N6O. The highest BCUT2D eigenvalue weighted by Gasteiger charge is 2.05. The van der Waals surface area contributed by atoms with E-state index in [9.17, 15) is 0 Å². The topological polar surface area (TPSA) is 99.5 Å². The van der Waals surface area contributed by atoms with Crippen LogP contribution in [-0.2, 0) is 0 Å². The molecule has 3 aromatic rings. The van der Waals surface area contributed by atoms with Crippen LogP contribution in [0, 0.1) is 25.2 Å². The van der Waals surface area contributed by atoms with Crippen molar-refractivity contribution in [3.63, 3.8) is 0 Å². The van der Waals surface area contributed by atoms with Crippen LogP contribution in [0.4, 0.5) is 5.69 Å². The number of H-pyrrole nitrogens is 1. The minimum Gasteiger partial charge on any atom is -0.457 e. The van der Waals surface area contributed by atoms with Gasteiger partial charge in [0, 0.05) is 11.9 Å². The lowest BCUT2D eigenvalue weighted by atomic mass is 10.1. The Kier molecular flexibility index (Phi) is 4.72. The monoisotopic (exact) mass is 332 g/mol. The number of anilines is 1. The van der Waals surface area contributed by atoms with Gasteiger partial charge in [-0.2, -0.15) is 10.5 Å². The first-order chi connectivity index (χ1) is 12.2. The molecule has 3 rings (SSSR count). The Hall–Kier alpha value is -3.66. The number of nitriles is 1. The summed E-state index contributed by atoms with van der Waals surface area (Å²) in [7, 11) is 0. The maximum Gasteiger partial charge on any atom is 0.216 e. The highest BCUT2D eigenvalue weighted by Crippen LogP contribution is 2.25. The Morgan fingerprint density at radius 3 is 2.52 bits per heavy atom. The van der Waals surface area contributed by atoms with Crippen molar-refractivity contribution in [1.82, 2.24) is 20.6 Å². The Bertz CT molecular complexity index is 923. The molecule has 0 radical (unpaired) electrons.